The van der Waals surface area contributed by atoms with Crippen LogP contribution in [0.25, 0.3) is 0 Å². The van der Waals surface area contributed by atoms with Crippen LogP contribution < -0.4 is 5.32 Å². The summed E-state index contributed by atoms with van der Waals surface area (Å²) in [5.74, 6) is 1.18. The molecule has 1 atom stereocenters. The first-order chi connectivity index (χ1) is 9.55. The minimum Gasteiger partial charge on any atom is -0.355 e. The van der Waals surface area contributed by atoms with E-state index < -0.39 is 9.84 Å². The fourth-order valence-corrected chi connectivity index (χ4v) is 4.89. The van der Waals surface area contributed by atoms with Gasteiger partial charge in [0.15, 0.2) is 9.84 Å². The van der Waals surface area contributed by atoms with Crippen LogP contribution >= 0.6 is 11.8 Å². The largest absolute Gasteiger partial charge is 0.355 e. The van der Waals surface area contributed by atoms with E-state index in [4.69, 9.17) is 0 Å². The molecule has 1 fully saturated rings. The highest BCUT2D eigenvalue weighted by Gasteiger charge is 2.29. The molecule has 0 bridgehead atoms. The highest BCUT2D eigenvalue weighted by Crippen LogP contribution is 2.21. The fourth-order valence-electron chi connectivity index (χ4n) is 2.24. The van der Waals surface area contributed by atoms with E-state index in [0.29, 0.717) is 19.4 Å². The zero-order valence-corrected chi connectivity index (χ0v) is 12.9. The third kappa shape index (κ3) is 5.17. The first-order valence-corrected chi connectivity index (χ1v) is 9.51. The fraction of sp³-hybridized carbons (Fsp3) is 0.500. The summed E-state index contributed by atoms with van der Waals surface area (Å²) in [7, 11) is -2.89. The predicted molar refractivity (Wildman–Crippen MR) is 81.6 cm³/mol. The van der Waals surface area contributed by atoms with E-state index in [9.17, 15) is 13.2 Å². The molecule has 0 radical (unpaired) electrons. The number of sulfone groups is 1. The van der Waals surface area contributed by atoms with Gasteiger partial charge in [-0.3, -0.25) is 4.79 Å². The van der Waals surface area contributed by atoms with Crippen LogP contribution in [0.15, 0.2) is 35.2 Å². The van der Waals surface area contributed by atoms with E-state index in [-0.39, 0.29) is 23.3 Å². The van der Waals surface area contributed by atoms with Crippen molar-refractivity contribution in [2.45, 2.75) is 17.7 Å². The number of thioether (sulfide) groups is 1. The standard InChI is InChI=1S/C14H19NO3S2/c16-14(10-12-6-9-20(17,18)11-12)15-7-8-19-13-4-2-1-3-5-13/h1-5,12H,6-11H2,(H,15,16). The van der Waals surface area contributed by atoms with Gasteiger partial charge in [-0.1, -0.05) is 18.2 Å². The molecule has 1 amide bonds. The molecule has 20 heavy (non-hydrogen) atoms. The number of carbonyl (C=O) groups excluding carboxylic acids is 1. The van der Waals surface area contributed by atoms with Crippen LogP contribution in [0.3, 0.4) is 0 Å². The summed E-state index contributed by atoms with van der Waals surface area (Å²) in [5, 5.41) is 2.85. The number of rotatable bonds is 6. The van der Waals surface area contributed by atoms with E-state index in [2.05, 4.69) is 5.32 Å². The highest BCUT2D eigenvalue weighted by atomic mass is 32.2. The Balaban J connectivity index is 1.61. The smallest absolute Gasteiger partial charge is 0.220 e. The van der Waals surface area contributed by atoms with Crippen LogP contribution in [0.4, 0.5) is 0 Å². The summed E-state index contributed by atoms with van der Waals surface area (Å²) in [4.78, 5) is 12.9. The van der Waals surface area contributed by atoms with E-state index in [0.717, 1.165) is 5.75 Å². The van der Waals surface area contributed by atoms with Gasteiger partial charge in [-0.15, -0.1) is 11.8 Å². The maximum atomic E-state index is 11.7. The maximum absolute atomic E-state index is 11.7. The molecule has 4 nitrogen and oxygen atoms in total. The summed E-state index contributed by atoms with van der Waals surface area (Å²) in [6.07, 6.45) is 0.948. The molecule has 6 heteroatoms. The van der Waals surface area contributed by atoms with Crippen molar-refractivity contribution < 1.29 is 13.2 Å². The summed E-state index contributed by atoms with van der Waals surface area (Å²) in [6.45, 7) is 0.609. The second-order valence-electron chi connectivity index (χ2n) is 4.98. The molecule has 1 heterocycles. The molecular weight excluding hydrogens is 294 g/mol. The molecule has 1 unspecified atom stereocenters. The Kier molecular flexibility index (Phi) is 5.48. The first kappa shape index (κ1) is 15.4. The summed E-state index contributed by atoms with van der Waals surface area (Å²) >= 11 is 1.69. The van der Waals surface area contributed by atoms with Gasteiger partial charge >= 0.3 is 0 Å². The molecule has 0 aromatic heterocycles. The van der Waals surface area contributed by atoms with Gasteiger partial charge < -0.3 is 5.32 Å². The molecule has 1 aromatic rings. The lowest BCUT2D eigenvalue weighted by Crippen LogP contribution is -2.27. The van der Waals surface area contributed by atoms with Gasteiger partial charge in [0, 0.05) is 23.6 Å². The quantitative estimate of drug-likeness (QED) is 0.641. The lowest BCUT2D eigenvalue weighted by atomic mass is 10.1. The molecule has 110 valence electrons. The normalized spacial score (nSPS) is 20.7. The van der Waals surface area contributed by atoms with Crippen molar-refractivity contribution in [1.29, 1.82) is 0 Å². The molecule has 1 aliphatic heterocycles. The van der Waals surface area contributed by atoms with E-state index in [1.165, 1.54) is 4.90 Å². The Morgan fingerprint density at radius 3 is 2.70 bits per heavy atom. The zero-order valence-electron chi connectivity index (χ0n) is 11.2. The van der Waals surface area contributed by atoms with E-state index in [1.54, 1.807) is 11.8 Å². The average molecular weight is 313 g/mol. The van der Waals surface area contributed by atoms with Crippen LogP contribution in [-0.2, 0) is 14.6 Å². The Bertz CT molecular complexity index is 543. The highest BCUT2D eigenvalue weighted by molar-refractivity contribution is 7.99. The van der Waals surface area contributed by atoms with Crippen molar-refractivity contribution in [3.8, 4) is 0 Å². The Morgan fingerprint density at radius 2 is 2.05 bits per heavy atom. The average Bonchev–Trinajstić information content (AvgIpc) is 2.75. The summed E-state index contributed by atoms with van der Waals surface area (Å²) < 4.78 is 22.6. The van der Waals surface area contributed by atoms with Gasteiger partial charge in [0.05, 0.1) is 11.5 Å². The number of carbonyl (C=O) groups is 1. The van der Waals surface area contributed by atoms with Crippen molar-refractivity contribution in [3.63, 3.8) is 0 Å². The Morgan fingerprint density at radius 1 is 1.30 bits per heavy atom. The van der Waals surface area contributed by atoms with Crippen LogP contribution in [0, 0.1) is 5.92 Å². The van der Waals surface area contributed by atoms with Crippen LogP contribution in [0.2, 0.25) is 0 Å². The number of nitrogens with one attached hydrogen (secondary N) is 1. The van der Waals surface area contributed by atoms with Crippen molar-refractivity contribution in [3.05, 3.63) is 30.3 Å². The summed E-state index contributed by atoms with van der Waals surface area (Å²) in [6, 6.07) is 10.0. The number of hydrogen-bond acceptors (Lipinski definition) is 4. The van der Waals surface area contributed by atoms with Gasteiger partial charge in [-0.2, -0.15) is 0 Å². The second-order valence-corrected chi connectivity index (χ2v) is 8.38. The van der Waals surface area contributed by atoms with Gasteiger partial charge in [-0.25, -0.2) is 8.42 Å². The van der Waals surface area contributed by atoms with E-state index >= 15 is 0 Å². The lowest BCUT2D eigenvalue weighted by molar-refractivity contribution is -0.121. The molecule has 0 aliphatic carbocycles. The molecular formula is C14H19NO3S2. The monoisotopic (exact) mass is 313 g/mol. The summed E-state index contributed by atoms with van der Waals surface area (Å²) in [5.41, 5.74) is 0. The van der Waals surface area contributed by atoms with Crippen LogP contribution in [-0.4, -0.2) is 38.1 Å². The van der Waals surface area contributed by atoms with Gasteiger partial charge in [0.1, 0.15) is 0 Å². The molecule has 0 spiro atoms. The van der Waals surface area contributed by atoms with Crippen molar-refractivity contribution >= 4 is 27.5 Å². The molecule has 1 aromatic carbocycles. The molecule has 1 N–H and O–H groups in total. The Hall–Kier alpha value is -1.01. The van der Waals surface area contributed by atoms with Crippen LogP contribution in [0.5, 0.6) is 0 Å². The molecule has 2 rings (SSSR count). The first-order valence-electron chi connectivity index (χ1n) is 6.70. The third-order valence-corrected chi connectivity index (χ3v) is 6.09. The number of benzene rings is 1. The minimum atomic E-state index is -2.89. The third-order valence-electron chi connectivity index (χ3n) is 3.24. The topological polar surface area (TPSA) is 63.2 Å². The maximum Gasteiger partial charge on any atom is 0.220 e. The molecule has 1 saturated heterocycles. The zero-order chi connectivity index (χ0) is 14.4. The van der Waals surface area contributed by atoms with Crippen LogP contribution in [0.1, 0.15) is 12.8 Å². The van der Waals surface area contributed by atoms with E-state index in [1.807, 2.05) is 30.3 Å². The molecule has 1 aliphatic rings. The van der Waals surface area contributed by atoms with Crippen molar-refractivity contribution in [2.24, 2.45) is 5.92 Å². The molecule has 0 saturated carbocycles. The minimum absolute atomic E-state index is 0.00164. The second kappa shape index (κ2) is 7.13. The Labute approximate surface area is 124 Å². The lowest BCUT2D eigenvalue weighted by Gasteiger charge is -2.08. The van der Waals surface area contributed by atoms with Gasteiger partial charge in [0.25, 0.3) is 0 Å². The van der Waals surface area contributed by atoms with Crippen molar-refractivity contribution in [1.82, 2.24) is 5.32 Å². The van der Waals surface area contributed by atoms with Gasteiger partial charge in [-0.05, 0) is 24.5 Å². The number of amides is 1. The SMILES string of the molecule is O=C(CC1CCS(=O)(=O)C1)NCCSc1ccccc1. The van der Waals surface area contributed by atoms with Gasteiger partial charge in [0.2, 0.25) is 5.91 Å². The van der Waals surface area contributed by atoms with Crippen molar-refractivity contribution in [2.75, 3.05) is 23.8 Å². The number of hydrogen-bond donors (Lipinski definition) is 1. The predicted octanol–water partition coefficient (Wildman–Crippen LogP) is 1.72.